The monoisotopic (exact) mass is 292 g/mol. The molecule has 0 aliphatic heterocycles. The Bertz CT molecular complexity index is 559. The van der Waals surface area contributed by atoms with Crippen LogP contribution in [0.3, 0.4) is 0 Å². The summed E-state index contributed by atoms with van der Waals surface area (Å²) in [5.41, 5.74) is 7.58. The summed E-state index contributed by atoms with van der Waals surface area (Å²) < 4.78 is 11.3. The van der Waals surface area contributed by atoms with E-state index in [2.05, 4.69) is 17.2 Å². The van der Waals surface area contributed by atoms with E-state index in [-0.39, 0.29) is 5.91 Å². The molecule has 5 heteroatoms. The molecular weight excluding hydrogens is 272 g/mol. The fraction of sp³-hybridized carbons (Fsp3) is 0.400. The van der Waals surface area contributed by atoms with Crippen molar-refractivity contribution >= 4 is 16.7 Å². The van der Waals surface area contributed by atoms with E-state index in [0.29, 0.717) is 30.2 Å². The number of carbonyl (C=O) groups excluding carboxylic acids is 1. The summed E-state index contributed by atoms with van der Waals surface area (Å²) in [6, 6.07) is 5.42. The van der Waals surface area contributed by atoms with Crippen molar-refractivity contribution < 1.29 is 9.00 Å². The fourth-order valence-corrected chi connectivity index (χ4v) is 2.30. The van der Waals surface area contributed by atoms with Crippen molar-refractivity contribution in [3.05, 3.63) is 34.9 Å². The molecule has 20 heavy (non-hydrogen) atoms. The summed E-state index contributed by atoms with van der Waals surface area (Å²) >= 11 is 0. The lowest BCUT2D eigenvalue weighted by Gasteiger charge is -2.08. The molecular formula is C15H20N2O2S. The van der Waals surface area contributed by atoms with Crippen molar-refractivity contribution in [1.29, 1.82) is 0 Å². The number of carbonyl (C=O) groups is 1. The van der Waals surface area contributed by atoms with E-state index < -0.39 is 10.8 Å². The van der Waals surface area contributed by atoms with Crippen LogP contribution in [-0.4, -0.2) is 34.7 Å². The van der Waals surface area contributed by atoms with Gasteiger partial charge in [0.25, 0.3) is 5.91 Å². The van der Waals surface area contributed by atoms with E-state index in [4.69, 9.17) is 5.73 Å². The number of hydrogen-bond donors (Lipinski definition) is 2. The highest BCUT2D eigenvalue weighted by Crippen LogP contribution is 2.12. The third kappa shape index (κ3) is 4.80. The Morgan fingerprint density at radius 1 is 1.45 bits per heavy atom. The number of nitrogens with two attached hydrogens (primary N) is 1. The third-order valence-corrected chi connectivity index (χ3v) is 4.14. The van der Waals surface area contributed by atoms with Gasteiger partial charge in [-0.3, -0.25) is 9.00 Å². The molecule has 0 saturated carbocycles. The second-order valence-corrected chi connectivity index (χ2v) is 6.04. The first-order valence-electron chi connectivity index (χ1n) is 6.51. The average Bonchev–Trinajstić information content (AvgIpc) is 2.45. The first-order valence-corrected chi connectivity index (χ1v) is 8.00. The largest absolute Gasteiger partial charge is 0.351 e. The quantitative estimate of drug-likeness (QED) is 0.789. The van der Waals surface area contributed by atoms with Gasteiger partial charge in [0.15, 0.2) is 0 Å². The highest BCUT2D eigenvalue weighted by molar-refractivity contribution is 7.84. The van der Waals surface area contributed by atoms with E-state index in [9.17, 15) is 9.00 Å². The summed E-state index contributed by atoms with van der Waals surface area (Å²) in [7, 11) is -0.865. The number of amides is 1. The Hall–Kier alpha value is -1.64. The van der Waals surface area contributed by atoms with Gasteiger partial charge in [-0.2, -0.15) is 0 Å². The predicted molar refractivity (Wildman–Crippen MR) is 83.0 cm³/mol. The zero-order chi connectivity index (χ0) is 15.0. The summed E-state index contributed by atoms with van der Waals surface area (Å²) in [4.78, 5) is 12.1. The lowest BCUT2D eigenvalue weighted by Crippen LogP contribution is -2.28. The van der Waals surface area contributed by atoms with Crippen molar-refractivity contribution in [2.75, 3.05) is 24.6 Å². The van der Waals surface area contributed by atoms with E-state index in [1.165, 1.54) is 0 Å². The summed E-state index contributed by atoms with van der Waals surface area (Å²) in [6.45, 7) is 4.43. The Kier molecular flexibility index (Phi) is 6.99. The topological polar surface area (TPSA) is 72.2 Å². The normalized spacial score (nSPS) is 11.3. The molecule has 1 amide bonds. The van der Waals surface area contributed by atoms with Gasteiger partial charge in [0, 0.05) is 40.0 Å². The zero-order valence-corrected chi connectivity index (χ0v) is 12.7. The van der Waals surface area contributed by atoms with Crippen molar-refractivity contribution in [3.8, 4) is 11.8 Å². The highest BCUT2D eigenvalue weighted by Gasteiger charge is 2.10. The molecule has 1 unspecified atom stereocenters. The maximum Gasteiger partial charge on any atom is 0.251 e. The first-order chi connectivity index (χ1) is 9.60. The molecule has 0 aliphatic rings. The van der Waals surface area contributed by atoms with E-state index in [1.54, 1.807) is 12.1 Å². The van der Waals surface area contributed by atoms with Gasteiger partial charge >= 0.3 is 0 Å². The molecule has 0 radical (unpaired) electrons. The van der Waals surface area contributed by atoms with E-state index in [0.717, 1.165) is 11.1 Å². The molecule has 0 bridgehead atoms. The second kappa shape index (κ2) is 8.51. The molecule has 3 N–H and O–H groups in total. The Balaban J connectivity index is 2.76. The van der Waals surface area contributed by atoms with Crippen LogP contribution in [0.15, 0.2) is 18.2 Å². The molecule has 0 spiro atoms. The van der Waals surface area contributed by atoms with Crippen LogP contribution in [-0.2, 0) is 10.8 Å². The van der Waals surface area contributed by atoms with Gasteiger partial charge in [-0.1, -0.05) is 24.8 Å². The fourth-order valence-electron chi connectivity index (χ4n) is 1.68. The Morgan fingerprint density at radius 3 is 2.85 bits per heavy atom. The Labute approximate surface area is 122 Å². The average molecular weight is 292 g/mol. The zero-order valence-electron chi connectivity index (χ0n) is 11.9. The van der Waals surface area contributed by atoms with Gasteiger partial charge in [-0.05, 0) is 24.6 Å². The predicted octanol–water partition coefficient (Wildman–Crippen LogP) is 0.804. The minimum absolute atomic E-state index is 0.160. The van der Waals surface area contributed by atoms with Crippen LogP contribution in [0.25, 0.3) is 0 Å². The van der Waals surface area contributed by atoms with Gasteiger partial charge in [0.2, 0.25) is 0 Å². The molecule has 108 valence electrons. The van der Waals surface area contributed by atoms with Crippen LogP contribution >= 0.6 is 0 Å². The molecule has 0 heterocycles. The van der Waals surface area contributed by atoms with E-state index in [1.807, 2.05) is 19.9 Å². The van der Waals surface area contributed by atoms with E-state index >= 15 is 0 Å². The molecule has 1 aromatic carbocycles. The molecule has 4 nitrogen and oxygen atoms in total. The van der Waals surface area contributed by atoms with Crippen molar-refractivity contribution in [3.63, 3.8) is 0 Å². The smallest absolute Gasteiger partial charge is 0.251 e. The molecule has 1 aromatic rings. The molecule has 0 fully saturated rings. The van der Waals surface area contributed by atoms with Crippen LogP contribution in [0.2, 0.25) is 0 Å². The van der Waals surface area contributed by atoms with Crippen LogP contribution < -0.4 is 11.1 Å². The van der Waals surface area contributed by atoms with Crippen LogP contribution in [0, 0.1) is 18.8 Å². The molecule has 0 aliphatic carbocycles. The van der Waals surface area contributed by atoms with Crippen LogP contribution in [0.4, 0.5) is 0 Å². The maximum atomic E-state index is 12.1. The summed E-state index contributed by atoms with van der Waals surface area (Å²) in [5.74, 6) is 6.66. The minimum Gasteiger partial charge on any atom is -0.351 e. The number of hydrogen-bond acceptors (Lipinski definition) is 3. The molecule has 1 rings (SSSR count). The first kappa shape index (κ1) is 16.4. The van der Waals surface area contributed by atoms with Crippen LogP contribution in [0.5, 0.6) is 0 Å². The van der Waals surface area contributed by atoms with Crippen LogP contribution in [0.1, 0.15) is 28.4 Å². The highest BCUT2D eigenvalue weighted by atomic mass is 32.2. The molecule has 1 atom stereocenters. The SMILES string of the molecule is CCS(=O)CCNC(=O)c1cccc(C#CCN)c1C. The maximum absolute atomic E-state index is 12.1. The van der Waals surface area contributed by atoms with Crippen molar-refractivity contribution in [2.45, 2.75) is 13.8 Å². The third-order valence-electron chi connectivity index (χ3n) is 2.84. The standard InChI is InChI=1S/C15H20N2O2S/c1-3-20(19)11-10-17-15(18)14-8-4-6-13(12(14)2)7-5-9-16/h4,6,8H,3,9-11,16H2,1-2H3,(H,17,18). The number of benzene rings is 1. The van der Waals surface area contributed by atoms with Gasteiger partial charge < -0.3 is 11.1 Å². The second-order valence-electron chi connectivity index (χ2n) is 4.17. The van der Waals surface area contributed by atoms with Gasteiger partial charge in [0.1, 0.15) is 0 Å². The lowest BCUT2D eigenvalue weighted by atomic mass is 10.0. The van der Waals surface area contributed by atoms with Gasteiger partial charge in [-0.15, -0.1) is 0 Å². The van der Waals surface area contributed by atoms with Gasteiger partial charge in [0.05, 0.1) is 6.54 Å². The lowest BCUT2D eigenvalue weighted by molar-refractivity contribution is 0.0955. The molecule has 0 saturated heterocycles. The van der Waals surface area contributed by atoms with Crippen molar-refractivity contribution in [2.24, 2.45) is 5.73 Å². The summed E-state index contributed by atoms with van der Waals surface area (Å²) in [5, 5.41) is 2.78. The van der Waals surface area contributed by atoms with Crippen molar-refractivity contribution in [1.82, 2.24) is 5.32 Å². The van der Waals surface area contributed by atoms with Gasteiger partial charge in [-0.25, -0.2) is 0 Å². The minimum atomic E-state index is -0.865. The number of rotatable bonds is 5. The summed E-state index contributed by atoms with van der Waals surface area (Å²) in [6.07, 6.45) is 0. The molecule has 0 aromatic heterocycles. The Morgan fingerprint density at radius 2 is 2.20 bits per heavy atom. The number of nitrogens with one attached hydrogen (secondary N) is 1.